The molecular weight excluding hydrogens is 416 g/mol. The number of nitrogens with one attached hydrogen (secondary N) is 1. The molecule has 0 aliphatic carbocycles. The average Bonchev–Trinajstić information content (AvgIpc) is 2.90. The molecule has 3 aromatic rings. The van der Waals surface area contributed by atoms with Gasteiger partial charge in [0.25, 0.3) is 0 Å². The van der Waals surface area contributed by atoms with Crippen molar-refractivity contribution < 1.29 is 4.79 Å². The van der Waals surface area contributed by atoms with Crippen LogP contribution in [0.25, 0.3) is 22.4 Å². The van der Waals surface area contributed by atoms with Gasteiger partial charge in [-0.1, -0.05) is 26.8 Å². The maximum atomic E-state index is 12.9. The Morgan fingerprint density at radius 1 is 1.15 bits per heavy atom. The fraction of sp³-hybridized carbons (Fsp3) is 0.440. The van der Waals surface area contributed by atoms with E-state index >= 15 is 0 Å². The zero-order valence-electron chi connectivity index (χ0n) is 19.7. The van der Waals surface area contributed by atoms with Crippen molar-refractivity contribution in [2.24, 2.45) is 12.5 Å². The highest BCUT2D eigenvalue weighted by Gasteiger charge is 2.20. The van der Waals surface area contributed by atoms with Gasteiger partial charge in [-0.3, -0.25) is 18.8 Å². The lowest BCUT2D eigenvalue weighted by Crippen LogP contribution is -2.28. The molecule has 0 radical (unpaired) electrons. The third-order valence-corrected chi connectivity index (χ3v) is 5.91. The van der Waals surface area contributed by atoms with Gasteiger partial charge in [0.05, 0.1) is 22.8 Å². The molecule has 0 saturated carbocycles. The molecule has 4 rings (SSSR count). The highest BCUT2D eigenvalue weighted by Crippen LogP contribution is 2.27. The van der Waals surface area contributed by atoms with Crippen LogP contribution in [0.15, 0.2) is 35.1 Å². The minimum absolute atomic E-state index is 0.0491. The Hall–Kier alpha value is -3.44. The van der Waals surface area contributed by atoms with E-state index in [1.54, 1.807) is 16.2 Å². The van der Waals surface area contributed by atoms with Gasteiger partial charge < -0.3 is 5.32 Å². The first-order chi connectivity index (χ1) is 15.7. The van der Waals surface area contributed by atoms with E-state index in [1.165, 1.54) is 0 Å². The number of carbonyl (C=O) groups excluding carboxylic acids is 1. The van der Waals surface area contributed by atoms with Gasteiger partial charge in [0.2, 0.25) is 5.91 Å². The SMILES string of the molecule is Cn1c(=O)n(CC(C)(C)C)c2ccc(-c3cc(CN4CCNC(=O)CC4)ccc3C#N)nc21. The zero-order chi connectivity index (χ0) is 23.8. The van der Waals surface area contributed by atoms with Crippen molar-refractivity contribution in [1.82, 2.24) is 24.3 Å². The number of fused-ring (bicyclic) bond motifs is 1. The van der Waals surface area contributed by atoms with E-state index in [4.69, 9.17) is 4.98 Å². The molecule has 172 valence electrons. The summed E-state index contributed by atoms with van der Waals surface area (Å²) >= 11 is 0. The first kappa shape index (κ1) is 22.7. The molecule has 3 heterocycles. The molecular formula is C25H30N6O2. The predicted molar refractivity (Wildman–Crippen MR) is 127 cm³/mol. The third-order valence-electron chi connectivity index (χ3n) is 5.91. The molecule has 2 aromatic heterocycles. The number of pyridine rings is 1. The molecule has 1 N–H and O–H groups in total. The molecule has 1 aromatic carbocycles. The number of nitriles is 1. The number of hydrogen-bond donors (Lipinski definition) is 1. The Morgan fingerprint density at radius 3 is 2.67 bits per heavy atom. The predicted octanol–water partition coefficient (Wildman–Crippen LogP) is 2.64. The molecule has 0 bridgehead atoms. The average molecular weight is 447 g/mol. The Bertz CT molecular complexity index is 1310. The number of carbonyl (C=O) groups is 1. The van der Waals surface area contributed by atoms with Crippen molar-refractivity contribution in [1.29, 1.82) is 5.26 Å². The second kappa shape index (κ2) is 8.83. The largest absolute Gasteiger partial charge is 0.355 e. The quantitative estimate of drug-likeness (QED) is 0.665. The van der Waals surface area contributed by atoms with Crippen molar-refractivity contribution in [2.45, 2.75) is 40.3 Å². The number of aromatic nitrogens is 3. The summed E-state index contributed by atoms with van der Waals surface area (Å²) in [6.07, 6.45) is 0.487. The summed E-state index contributed by atoms with van der Waals surface area (Å²) in [6.45, 7) is 9.71. The number of hydrogen-bond acceptors (Lipinski definition) is 5. The first-order valence-corrected chi connectivity index (χ1v) is 11.2. The number of benzene rings is 1. The van der Waals surface area contributed by atoms with E-state index in [2.05, 4.69) is 37.1 Å². The van der Waals surface area contributed by atoms with E-state index in [0.717, 1.165) is 23.2 Å². The van der Waals surface area contributed by atoms with Crippen LogP contribution < -0.4 is 11.0 Å². The fourth-order valence-corrected chi connectivity index (χ4v) is 4.28. The second-order valence-corrected chi connectivity index (χ2v) is 9.90. The standard InChI is InChI=1S/C25H30N6O2/c1-25(2,3)16-31-21-8-7-20(28-23(21)29(4)24(31)33)19-13-17(5-6-18(19)14-26)15-30-11-9-22(32)27-10-12-30/h5-8,13H,9-12,15-16H2,1-4H3,(H,27,32). The minimum atomic E-state index is -0.0943. The molecule has 1 fully saturated rings. The van der Waals surface area contributed by atoms with Crippen LogP contribution >= 0.6 is 0 Å². The number of rotatable bonds is 4. The van der Waals surface area contributed by atoms with Crippen molar-refractivity contribution in [3.05, 3.63) is 51.9 Å². The van der Waals surface area contributed by atoms with Crippen molar-refractivity contribution in [2.75, 3.05) is 19.6 Å². The summed E-state index contributed by atoms with van der Waals surface area (Å²) in [5.41, 5.74) is 4.26. The maximum Gasteiger partial charge on any atom is 0.330 e. The number of imidazole rings is 1. The molecule has 8 heteroatoms. The van der Waals surface area contributed by atoms with Crippen LogP contribution in [-0.4, -0.2) is 44.6 Å². The molecule has 1 aliphatic heterocycles. The van der Waals surface area contributed by atoms with Crippen molar-refractivity contribution >= 4 is 17.1 Å². The number of amides is 1. The molecule has 8 nitrogen and oxygen atoms in total. The van der Waals surface area contributed by atoms with Crippen LogP contribution in [0, 0.1) is 16.7 Å². The second-order valence-electron chi connectivity index (χ2n) is 9.90. The molecule has 0 spiro atoms. The Balaban J connectivity index is 1.72. The minimum Gasteiger partial charge on any atom is -0.355 e. The summed E-state index contributed by atoms with van der Waals surface area (Å²) in [7, 11) is 1.73. The van der Waals surface area contributed by atoms with Gasteiger partial charge in [-0.2, -0.15) is 5.26 Å². The van der Waals surface area contributed by atoms with Gasteiger partial charge in [-0.15, -0.1) is 0 Å². The molecule has 0 atom stereocenters. The fourth-order valence-electron chi connectivity index (χ4n) is 4.28. The zero-order valence-corrected chi connectivity index (χ0v) is 19.7. The van der Waals surface area contributed by atoms with E-state index < -0.39 is 0 Å². The lowest BCUT2D eigenvalue weighted by molar-refractivity contribution is -0.120. The Kier molecular flexibility index (Phi) is 6.09. The van der Waals surface area contributed by atoms with Crippen LogP contribution in [0.2, 0.25) is 0 Å². The molecule has 1 saturated heterocycles. The lowest BCUT2D eigenvalue weighted by atomic mass is 9.97. The lowest BCUT2D eigenvalue weighted by Gasteiger charge is -2.19. The summed E-state index contributed by atoms with van der Waals surface area (Å²) in [4.78, 5) is 31.5. The molecule has 1 amide bonds. The summed E-state index contributed by atoms with van der Waals surface area (Å²) in [6, 6.07) is 11.8. The highest BCUT2D eigenvalue weighted by atomic mass is 16.2. The van der Waals surface area contributed by atoms with Crippen LogP contribution in [0.5, 0.6) is 0 Å². The van der Waals surface area contributed by atoms with Gasteiger partial charge in [-0.25, -0.2) is 9.78 Å². The number of aryl methyl sites for hydroxylation is 1. The van der Waals surface area contributed by atoms with Crippen molar-refractivity contribution in [3.63, 3.8) is 0 Å². The highest BCUT2D eigenvalue weighted by molar-refractivity contribution is 5.78. The van der Waals surface area contributed by atoms with E-state index in [1.807, 2.05) is 30.3 Å². The van der Waals surface area contributed by atoms with Crippen LogP contribution in [0.3, 0.4) is 0 Å². The van der Waals surface area contributed by atoms with E-state index in [9.17, 15) is 14.9 Å². The van der Waals surface area contributed by atoms with Gasteiger partial charge in [0.15, 0.2) is 5.65 Å². The Labute approximate surface area is 193 Å². The molecule has 0 unspecified atom stereocenters. The number of nitrogens with zero attached hydrogens (tertiary/aromatic N) is 5. The van der Waals surface area contributed by atoms with Crippen LogP contribution in [-0.2, 0) is 24.9 Å². The molecule has 1 aliphatic rings. The monoisotopic (exact) mass is 446 g/mol. The van der Waals surface area contributed by atoms with E-state index in [-0.39, 0.29) is 17.0 Å². The normalized spacial score (nSPS) is 15.3. The van der Waals surface area contributed by atoms with Gasteiger partial charge >= 0.3 is 5.69 Å². The summed E-state index contributed by atoms with van der Waals surface area (Å²) in [5.74, 6) is 0.0829. The maximum absolute atomic E-state index is 12.9. The first-order valence-electron chi connectivity index (χ1n) is 11.2. The third kappa shape index (κ3) is 4.83. The topological polar surface area (TPSA) is 96.0 Å². The molecule has 33 heavy (non-hydrogen) atoms. The van der Waals surface area contributed by atoms with E-state index in [0.29, 0.717) is 49.5 Å². The Morgan fingerprint density at radius 2 is 1.94 bits per heavy atom. The van der Waals surface area contributed by atoms with Gasteiger partial charge in [0.1, 0.15) is 0 Å². The summed E-state index contributed by atoms with van der Waals surface area (Å²) < 4.78 is 3.34. The van der Waals surface area contributed by atoms with Crippen LogP contribution in [0.1, 0.15) is 38.3 Å². The van der Waals surface area contributed by atoms with Gasteiger partial charge in [-0.05, 0) is 35.2 Å². The van der Waals surface area contributed by atoms with Gasteiger partial charge in [0, 0.05) is 51.8 Å². The smallest absolute Gasteiger partial charge is 0.330 e. The van der Waals surface area contributed by atoms with Crippen LogP contribution in [0.4, 0.5) is 0 Å². The summed E-state index contributed by atoms with van der Waals surface area (Å²) in [5, 5.41) is 12.6. The van der Waals surface area contributed by atoms with Crippen molar-refractivity contribution in [3.8, 4) is 17.3 Å².